The first-order valence-electron chi connectivity index (χ1n) is 8.84. The van der Waals surface area contributed by atoms with E-state index in [4.69, 9.17) is 4.52 Å². The highest BCUT2D eigenvalue weighted by atomic mass is 32.2. The van der Waals surface area contributed by atoms with Crippen molar-refractivity contribution in [2.75, 3.05) is 0 Å². The minimum atomic E-state index is -4.19. The Morgan fingerprint density at radius 2 is 1.85 bits per heavy atom. The second kappa shape index (κ2) is 7.35. The molecular formula is C17H22N4O5S. The van der Waals surface area contributed by atoms with E-state index in [0.29, 0.717) is 24.3 Å². The predicted octanol–water partition coefficient (Wildman–Crippen LogP) is 3.12. The molecular weight excluding hydrogens is 372 g/mol. The molecule has 1 aliphatic carbocycles. The molecule has 146 valence electrons. The summed E-state index contributed by atoms with van der Waals surface area (Å²) in [7, 11) is -4.19. The quantitative estimate of drug-likeness (QED) is 0.468. The number of nitro benzene ring substituents is 1. The molecule has 9 nitrogen and oxygen atoms in total. The lowest BCUT2D eigenvalue weighted by atomic mass is 9.91. The second-order valence-electron chi connectivity index (χ2n) is 6.92. The van der Waals surface area contributed by atoms with Gasteiger partial charge in [0.15, 0.2) is 10.7 Å². The number of aromatic nitrogens is 2. The van der Waals surface area contributed by atoms with Gasteiger partial charge in [-0.25, -0.2) is 8.42 Å². The van der Waals surface area contributed by atoms with Crippen molar-refractivity contribution in [3.05, 3.63) is 45.6 Å². The van der Waals surface area contributed by atoms with Crippen LogP contribution in [-0.4, -0.2) is 23.5 Å². The van der Waals surface area contributed by atoms with Gasteiger partial charge in [-0.05, 0) is 25.3 Å². The van der Waals surface area contributed by atoms with Crippen LogP contribution in [0, 0.1) is 24.0 Å². The van der Waals surface area contributed by atoms with E-state index in [2.05, 4.69) is 14.9 Å². The fourth-order valence-electron chi connectivity index (χ4n) is 3.64. The SMILES string of the molecule is Cc1nc(C2(NS(=O)(=O)c3c(C)cccc3[N+](=O)[O-])CCCCCC2)no1. The van der Waals surface area contributed by atoms with Gasteiger partial charge < -0.3 is 4.52 Å². The van der Waals surface area contributed by atoms with E-state index in [1.807, 2.05) is 0 Å². The Balaban J connectivity index is 2.10. The van der Waals surface area contributed by atoms with Crippen LogP contribution in [0.25, 0.3) is 0 Å². The Kier molecular flexibility index (Phi) is 5.29. The van der Waals surface area contributed by atoms with Crippen molar-refractivity contribution in [1.29, 1.82) is 0 Å². The molecule has 0 bridgehead atoms. The summed E-state index contributed by atoms with van der Waals surface area (Å²) in [6, 6.07) is 4.20. The average Bonchev–Trinajstić information content (AvgIpc) is 2.90. The van der Waals surface area contributed by atoms with Gasteiger partial charge in [-0.15, -0.1) is 0 Å². The first-order valence-corrected chi connectivity index (χ1v) is 10.3. The molecule has 1 N–H and O–H groups in total. The van der Waals surface area contributed by atoms with E-state index in [1.165, 1.54) is 12.1 Å². The topological polar surface area (TPSA) is 128 Å². The van der Waals surface area contributed by atoms with Gasteiger partial charge in [0.1, 0.15) is 0 Å². The van der Waals surface area contributed by atoms with Gasteiger partial charge in [0.2, 0.25) is 15.9 Å². The number of hydrogen-bond acceptors (Lipinski definition) is 7. The maximum absolute atomic E-state index is 13.2. The van der Waals surface area contributed by atoms with Crippen LogP contribution < -0.4 is 4.72 Å². The van der Waals surface area contributed by atoms with Gasteiger partial charge in [-0.2, -0.15) is 9.71 Å². The number of nitrogens with one attached hydrogen (secondary N) is 1. The fraction of sp³-hybridized carbons (Fsp3) is 0.529. The molecule has 1 heterocycles. The Labute approximate surface area is 157 Å². The molecule has 0 unspecified atom stereocenters. The standard InChI is InChI=1S/C17H22N4O5S/c1-12-8-7-9-14(21(22)23)15(12)27(24,25)20-17(10-5-3-4-6-11-17)16-18-13(2)26-19-16/h7-9,20H,3-6,10-11H2,1-2H3. The van der Waals surface area contributed by atoms with Crippen molar-refractivity contribution in [3.8, 4) is 0 Å². The predicted molar refractivity (Wildman–Crippen MR) is 96.6 cm³/mol. The molecule has 0 saturated heterocycles. The largest absolute Gasteiger partial charge is 0.340 e. The van der Waals surface area contributed by atoms with Gasteiger partial charge in [0, 0.05) is 13.0 Å². The summed E-state index contributed by atoms with van der Waals surface area (Å²) in [6.07, 6.45) is 4.56. The van der Waals surface area contributed by atoms with E-state index >= 15 is 0 Å². The van der Waals surface area contributed by atoms with Crippen molar-refractivity contribution < 1.29 is 17.9 Å². The van der Waals surface area contributed by atoms with Gasteiger partial charge >= 0.3 is 0 Å². The molecule has 2 aromatic rings. The minimum Gasteiger partial charge on any atom is -0.340 e. The Morgan fingerprint density at radius 3 is 2.41 bits per heavy atom. The fourth-order valence-corrected chi connectivity index (χ4v) is 5.46. The monoisotopic (exact) mass is 394 g/mol. The molecule has 1 aliphatic rings. The molecule has 10 heteroatoms. The molecule has 27 heavy (non-hydrogen) atoms. The molecule has 0 aliphatic heterocycles. The zero-order valence-corrected chi connectivity index (χ0v) is 16.1. The van der Waals surface area contributed by atoms with Crippen LogP contribution in [0.2, 0.25) is 0 Å². The van der Waals surface area contributed by atoms with Crippen LogP contribution in [-0.2, 0) is 15.6 Å². The summed E-state index contributed by atoms with van der Waals surface area (Å²) < 4.78 is 34.3. The Bertz CT molecular complexity index is 946. The normalized spacial score (nSPS) is 17.4. The smallest absolute Gasteiger partial charge is 0.289 e. The molecule has 0 atom stereocenters. The van der Waals surface area contributed by atoms with Crippen molar-refractivity contribution in [3.63, 3.8) is 0 Å². The van der Waals surface area contributed by atoms with Gasteiger partial charge in [0.05, 0.1) is 10.5 Å². The lowest BCUT2D eigenvalue weighted by Gasteiger charge is -2.30. The number of sulfonamides is 1. The number of hydrogen-bond donors (Lipinski definition) is 1. The maximum atomic E-state index is 13.2. The van der Waals surface area contributed by atoms with Gasteiger partial charge in [-0.3, -0.25) is 10.1 Å². The van der Waals surface area contributed by atoms with E-state index in [-0.39, 0.29) is 10.7 Å². The van der Waals surface area contributed by atoms with E-state index in [0.717, 1.165) is 25.7 Å². The van der Waals surface area contributed by atoms with E-state index in [9.17, 15) is 18.5 Å². The van der Waals surface area contributed by atoms with Crippen LogP contribution in [0.5, 0.6) is 0 Å². The number of rotatable bonds is 5. The molecule has 1 saturated carbocycles. The molecule has 0 amide bonds. The minimum absolute atomic E-state index is 0.279. The average molecular weight is 394 g/mol. The molecule has 1 aromatic heterocycles. The van der Waals surface area contributed by atoms with Gasteiger partial charge in [0.25, 0.3) is 5.69 Å². The number of nitro groups is 1. The summed E-state index contributed by atoms with van der Waals surface area (Å²) in [5.74, 6) is 0.622. The number of aryl methyl sites for hydroxylation is 2. The number of benzene rings is 1. The second-order valence-corrected chi connectivity index (χ2v) is 8.54. The third-order valence-electron chi connectivity index (χ3n) is 4.90. The highest BCUT2D eigenvalue weighted by Gasteiger charge is 2.43. The molecule has 0 spiro atoms. The third-order valence-corrected chi connectivity index (χ3v) is 6.63. The van der Waals surface area contributed by atoms with Crippen LogP contribution in [0.15, 0.2) is 27.6 Å². The molecule has 1 fully saturated rings. The van der Waals surface area contributed by atoms with Crippen LogP contribution in [0.4, 0.5) is 5.69 Å². The summed E-state index contributed by atoms with van der Waals surface area (Å²) in [6.45, 7) is 3.18. The summed E-state index contributed by atoms with van der Waals surface area (Å²) in [4.78, 5) is 14.7. The van der Waals surface area contributed by atoms with E-state index < -0.39 is 26.2 Å². The summed E-state index contributed by atoms with van der Waals surface area (Å²) in [5, 5.41) is 15.4. The van der Waals surface area contributed by atoms with Crippen LogP contribution in [0.1, 0.15) is 55.8 Å². The van der Waals surface area contributed by atoms with E-state index in [1.54, 1.807) is 19.9 Å². The third kappa shape index (κ3) is 3.86. The lowest BCUT2D eigenvalue weighted by molar-refractivity contribution is -0.387. The Hall–Kier alpha value is -2.33. The first-order chi connectivity index (χ1) is 12.8. The molecule has 3 rings (SSSR count). The van der Waals surface area contributed by atoms with Gasteiger partial charge in [-0.1, -0.05) is 43.0 Å². The summed E-state index contributed by atoms with van der Waals surface area (Å²) >= 11 is 0. The van der Waals surface area contributed by atoms with Crippen molar-refractivity contribution in [2.24, 2.45) is 0 Å². The summed E-state index contributed by atoms with van der Waals surface area (Å²) in [5.41, 5.74) is -1.18. The number of nitrogens with zero attached hydrogens (tertiary/aromatic N) is 3. The van der Waals surface area contributed by atoms with Crippen LogP contribution >= 0.6 is 0 Å². The highest BCUT2D eigenvalue weighted by molar-refractivity contribution is 7.89. The molecule has 1 aromatic carbocycles. The zero-order valence-electron chi connectivity index (χ0n) is 15.3. The van der Waals surface area contributed by atoms with Crippen molar-refractivity contribution >= 4 is 15.7 Å². The maximum Gasteiger partial charge on any atom is 0.289 e. The first kappa shape index (κ1) is 19.4. The zero-order chi connectivity index (χ0) is 19.7. The lowest BCUT2D eigenvalue weighted by Crippen LogP contribution is -2.46. The van der Waals surface area contributed by atoms with Crippen LogP contribution in [0.3, 0.4) is 0 Å². The Morgan fingerprint density at radius 1 is 1.19 bits per heavy atom. The highest BCUT2D eigenvalue weighted by Crippen LogP contribution is 2.37. The molecule has 0 radical (unpaired) electrons. The van der Waals surface area contributed by atoms with Crippen molar-refractivity contribution in [2.45, 2.75) is 62.8 Å². The van der Waals surface area contributed by atoms with Crippen molar-refractivity contribution in [1.82, 2.24) is 14.9 Å².